The van der Waals surface area contributed by atoms with Crippen LogP contribution in [-0.2, 0) is 9.59 Å². The molecule has 17 heavy (non-hydrogen) atoms. The van der Waals surface area contributed by atoms with Gasteiger partial charge in [0.05, 0.1) is 5.69 Å². The fourth-order valence-corrected chi connectivity index (χ4v) is 2.78. The third-order valence-corrected chi connectivity index (χ3v) is 3.51. The van der Waals surface area contributed by atoms with E-state index < -0.39 is 0 Å². The second-order valence-electron chi connectivity index (χ2n) is 3.85. The molecule has 1 fully saturated rings. The number of hydrogen-bond acceptors (Lipinski definition) is 5. The van der Waals surface area contributed by atoms with Gasteiger partial charge in [0.25, 0.3) is 0 Å². The van der Waals surface area contributed by atoms with Crippen LogP contribution in [0.2, 0.25) is 0 Å². The van der Waals surface area contributed by atoms with Crippen molar-refractivity contribution in [3.8, 4) is 0 Å². The molecule has 0 saturated carbocycles. The molecule has 2 heterocycles. The second kappa shape index (κ2) is 4.75. The summed E-state index contributed by atoms with van der Waals surface area (Å²) in [6.07, 6.45) is 1.96. The van der Waals surface area contributed by atoms with Crippen molar-refractivity contribution in [2.24, 2.45) is 0 Å². The van der Waals surface area contributed by atoms with Crippen LogP contribution in [0.3, 0.4) is 0 Å². The minimum Gasteiger partial charge on any atom is -0.382 e. The Labute approximate surface area is 103 Å². The third-order valence-electron chi connectivity index (χ3n) is 2.53. The van der Waals surface area contributed by atoms with Gasteiger partial charge in [0.2, 0.25) is 5.91 Å². The van der Waals surface area contributed by atoms with Crippen molar-refractivity contribution in [2.45, 2.75) is 18.6 Å². The quantitative estimate of drug-likeness (QED) is 0.850. The summed E-state index contributed by atoms with van der Waals surface area (Å²) in [5.74, 6) is 0.331. The van der Waals surface area contributed by atoms with Gasteiger partial charge in [-0.05, 0) is 12.1 Å². The number of carbonyl (C=O) groups is 2. The third kappa shape index (κ3) is 2.58. The first-order valence-electron chi connectivity index (χ1n) is 5.26. The minimum absolute atomic E-state index is 0.0107. The van der Waals surface area contributed by atoms with E-state index in [9.17, 15) is 9.59 Å². The number of nitrogens with two attached hydrogens (primary N) is 1. The Hall–Kier alpha value is -1.56. The monoisotopic (exact) mass is 251 g/mol. The molecule has 1 aromatic heterocycles. The summed E-state index contributed by atoms with van der Waals surface area (Å²) >= 11 is 1.21. The molecule has 1 saturated heterocycles. The molecule has 0 bridgehead atoms. The number of nitrogens with zero attached hydrogens (tertiary/aromatic N) is 2. The molecule has 0 radical (unpaired) electrons. The summed E-state index contributed by atoms with van der Waals surface area (Å²) in [4.78, 5) is 28.4. The van der Waals surface area contributed by atoms with Gasteiger partial charge >= 0.3 is 0 Å². The Kier molecular flexibility index (Phi) is 3.33. The van der Waals surface area contributed by atoms with Gasteiger partial charge in [0, 0.05) is 31.3 Å². The maximum atomic E-state index is 11.8. The van der Waals surface area contributed by atoms with Gasteiger partial charge in [-0.25, -0.2) is 4.98 Å². The molecule has 1 amide bonds. The van der Waals surface area contributed by atoms with Gasteiger partial charge in [-0.15, -0.1) is 0 Å². The van der Waals surface area contributed by atoms with Crippen molar-refractivity contribution < 1.29 is 9.59 Å². The summed E-state index contributed by atoms with van der Waals surface area (Å²) in [5, 5.41) is 0.0448. The smallest absolute Gasteiger partial charge is 0.228 e. The van der Waals surface area contributed by atoms with Crippen molar-refractivity contribution in [3.05, 3.63) is 18.3 Å². The molecular formula is C11H13N3O2S. The van der Waals surface area contributed by atoms with Crippen LogP contribution in [-0.4, -0.2) is 27.8 Å². The number of thioether (sulfide) groups is 1. The molecular weight excluding hydrogens is 238 g/mol. The zero-order valence-electron chi connectivity index (χ0n) is 9.42. The molecule has 1 aromatic rings. The highest BCUT2D eigenvalue weighted by Gasteiger charge is 2.32. The van der Waals surface area contributed by atoms with Crippen LogP contribution in [0, 0.1) is 0 Å². The number of carbonyl (C=O) groups excluding carboxylic acids is 2. The van der Waals surface area contributed by atoms with Crippen LogP contribution in [0.25, 0.3) is 0 Å². The Morgan fingerprint density at radius 3 is 3.06 bits per heavy atom. The molecule has 0 aliphatic carbocycles. The van der Waals surface area contributed by atoms with Gasteiger partial charge in [-0.1, -0.05) is 11.8 Å². The number of amides is 1. The number of pyridine rings is 1. The summed E-state index contributed by atoms with van der Waals surface area (Å²) in [6.45, 7) is 2.02. The highest BCUT2D eigenvalue weighted by Crippen LogP contribution is 2.30. The fraction of sp³-hybridized carbons (Fsp3) is 0.364. The van der Waals surface area contributed by atoms with Crippen LogP contribution < -0.4 is 10.6 Å². The van der Waals surface area contributed by atoms with E-state index >= 15 is 0 Å². The van der Waals surface area contributed by atoms with Crippen molar-refractivity contribution >= 4 is 34.3 Å². The van der Waals surface area contributed by atoms with Gasteiger partial charge in [-0.2, -0.15) is 0 Å². The largest absolute Gasteiger partial charge is 0.382 e. The van der Waals surface area contributed by atoms with Crippen molar-refractivity contribution in [3.63, 3.8) is 0 Å². The number of nitrogen functional groups attached to an aromatic ring is 1. The average Bonchev–Trinajstić information content (AvgIpc) is 2.59. The van der Waals surface area contributed by atoms with Gasteiger partial charge in [-0.3, -0.25) is 9.59 Å². The normalized spacial score (nSPS) is 19.7. The maximum absolute atomic E-state index is 11.8. The summed E-state index contributed by atoms with van der Waals surface area (Å²) in [6, 6.07) is 3.51. The molecule has 1 aliphatic heterocycles. The number of anilines is 2. The highest BCUT2D eigenvalue weighted by atomic mass is 32.2. The standard InChI is InChI=1S/C11H13N3O2S/c1-7(15)17-8-5-10(16)14(6-8)9-3-2-4-13-11(9)12/h2-4,8H,5-6H2,1H3,(H2,12,13). The van der Waals surface area contributed by atoms with E-state index in [0.29, 0.717) is 24.5 Å². The lowest BCUT2D eigenvalue weighted by molar-refractivity contribution is -0.117. The lowest BCUT2D eigenvalue weighted by Crippen LogP contribution is -2.26. The molecule has 1 atom stereocenters. The summed E-state index contributed by atoms with van der Waals surface area (Å²) in [7, 11) is 0. The van der Waals surface area contributed by atoms with Crippen LogP contribution in [0.4, 0.5) is 11.5 Å². The average molecular weight is 251 g/mol. The first-order valence-corrected chi connectivity index (χ1v) is 6.14. The van der Waals surface area contributed by atoms with Crippen LogP contribution in [0.5, 0.6) is 0 Å². The van der Waals surface area contributed by atoms with E-state index in [2.05, 4.69) is 4.98 Å². The Morgan fingerprint density at radius 2 is 2.41 bits per heavy atom. The lowest BCUT2D eigenvalue weighted by Gasteiger charge is -2.17. The number of aromatic nitrogens is 1. The maximum Gasteiger partial charge on any atom is 0.228 e. The van der Waals surface area contributed by atoms with Crippen LogP contribution >= 0.6 is 11.8 Å². The SMILES string of the molecule is CC(=O)SC1CC(=O)N(c2cccnc2N)C1. The Morgan fingerprint density at radius 1 is 1.65 bits per heavy atom. The second-order valence-corrected chi connectivity index (χ2v) is 5.32. The molecule has 5 nitrogen and oxygen atoms in total. The van der Waals surface area contributed by atoms with Crippen molar-refractivity contribution in [1.82, 2.24) is 4.98 Å². The topological polar surface area (TPSA) is 76.3 Å². The zero-order valence-corrected chi connectivity index (χ0v) is 10.2. The van der Waals surface area contributed by atoms with Gasteiger partial charge in [0.15, 0.2) is 5.12 Å². The molecule has 0 spiro atoms. The van der Waals surface area contributed by atoms with Crippen LogP contribution in [0.1, 0.15) is 13.3 Å². The zero-order chi connectivity index (χ0) is 12.4. The minimum atomic E-state index is -0.0107. The van der Waals surface area contributed by atoms with E-state index in [-0.39, 0.29) is 16.3 Å². The Balaban J connectivity index is 2.16. The van der Waals surface area contributed by atoms with E-state index in [1.165, 1.54) is 18.7 Å². The molecule has 6 heteroatoms. The first-order chi connectivity index (χ1) is 8.08. The van der Waals surface area contributed by atoms with E-state index in [1.54, 1.807) is 23.2 Å². The van der Waals surface area contributed by atoms with Crippen molar-refractivity contribution in [2.75, 3.05) is 17.2 Å². The first kappa shape index (κ1) is 11.9. The highest BCUT2D eigenvalue weighted by molar-refractivity contribution is 8.14. The lowest BCUT2D eigenvalue weighted by atomic mass is 10.3. The number of rotatable bonds is 2. The fourth-order valence-electron chi connectivity index (χ4n) is 1.86. The van der Waals surface area contributed by atoms with Gasteiger partial charge < -0.3 is 10.6 Å². The summed E-state index contributed by atoms with van der Waals surface area (Å²) in [5.41, 5.74) is 6.36. The molecule has 1 unspecified atom stereocenters. The molecule has 1 aliphatic rings. The van der Waals surface area contributed by atoms with E-state index in [0.717, 1.165) is 0 Å². The number of hydrogen-bond donors (Lipinski definition) is 1. The molecule has 0 aromatic carbocycles. The summed E-state index contributed by atoms with van der Waals surface area (Å²) < 4.78 is 0. The van der Waals surface area contributed by atoms with E-state index in [1.807, 2.05) is 0 Å². The van der Waals surface area contributed by atoms with Crippen LogP contribution in [0.15, 0.2) is 18.3 Å². The predicted molar refractivity (Wildman–Crippen MR) is 67.7 cm³/mol. The van der Waals surface area contributed by atoms with E-state index in [4.69, 9.17) is 5.73 Å². The molecule has 2 N–H and O–H groups in total. The Bertz CT molecular complexity index is 464. The van der Waals surface area contributed by atoms with Crippen molar-refractivity contribution in [1.29, 1.82) is 0 Å². The molecule has 2 rings (SSSR count). The molecule has 90 valence electrons. The van der Waals surface area contributed by atoms with Gasteiger partial charge in [0.1, 0.15) is 5.82 Å². The predicted octanol–water partition coefficient (Wildman–Crippen LogP) is 1.05.